The Hall–Kier alpha value is -5.40. The maximum atomic E-state index is 11.4. The summed E-state index contributed by atoms with van der Waals surface area (Å²) in [6.45, 7) is 2.14. The molecule has 0 bridgehead atoms. The third kappa shape index (κ3) is 5.70. The average Bonchev–Trinajstić information content (AvgIpc) is 3.36. The first-order valence-electron chi connectivity index (χ1n) is 13.2. The predicted octanol–water partition coefficient (Wildman–Crippen LogP) is 8.33. The van der Waals surface area contributed by atoms with Gasteiger partial charge in [0.1, 0.15) is 11.6 Å². The number of carboxylic acid groups (broad SMARTS) is 1. The molecule has 0 aliphatic carbocycles. The van der Waals surface area contributed by atoms with Crippen molar-refractivity contribution in [3.05, 3.63) is 155 Å². The van der Waals surface area contributed by atoms with E-state index in [1.165, 1.54) is 11.6 Å². The predicted molar refractivity (Wildman–Crippen MR) is 163 cm³/mol. The lowest BCUT2D eigenvalue weighted by atomic mass is 9.97. The van der Waals surface area contributed by atoms with Gasteiger partial charge in [-0.3, -0.25) is 0 Å². The molecule has 0 radical (unpaired) electrons. The van der Waals surface area contributed by atoms with E-state index in [2.05, 4.69) is 84.4 Å². The van der Waals surface area contributed by atoms with E-state index < -0.39 is 5.97 Å². The Morgan fingerprint density at radius 2 is 1.55 bits per heavy atom. The highest BCUT2D eigenvalue weighted by Crippen LogP contribution is 2.29. The van der Waals surface area contributed by atoms with E-state index in [9.17, 15) is 15.2 Å². The monoisotopic (exact) mass is 520 g/mol. The first kappa shape index (κ1) is 26.2. The van der Waals surface area contributed by atoms with Gasteiger partial charge in [0.15, 0.2) is 0 Å². The number of fused-ring (bicyclic) bond motifs is 1. The van der Waals surface area contributed by atoms with Crippen molar-refractivity contribution in [2.24, 2.45) is 0 Å². The van der Waals surface area contributed by atoms with Crippen LogP contribution in [0.25, 0.3) is 34.3 Å². The molecular formula is C36H28N2O2. The number of nitriles is 1. The van der Waals surface area contributed by atoms with Gasteiger partial charge in [-0.05, 0) is 64.6 Å². The molecule has 0 atom stereocenters. The van der Waals surface area contributed by atoms with Crippen LogP contribution in [-0.2, 0) is 11.2 Å². The molecule has 1 heterocycles. The summed E-state index contributed by atoms with van der Waals surface area (Å²) in [4.78, 5) is 11.4. The number of aromatic nitrogens is 1. The van der Waals surface area contributed by atoms with Gasteiger partial charge in [-0.25, -0.2) is 4.79 Å². The number of allylic oxidation sites excluding steroid dienone is 2. The summed E-state index contributed by atoms with van der Waals surface area (Å²) in [6.07, 6.45) is 10.7. The summed E-state index contributed by atoms with van der Waals surface area (Å²) in [5.41, 5.74) is 8.00. The van der Waals surface area contributed by atoms with Crippen molar-refractivity contribution in [3.8, 4) is 11.8 Å². The van der Waals surface area contributed by atoms with Crippen molar-refractivity contribution in [1.82, 2.24) is 4.57 Å². The summed E-state index contributed by atoms with van der Waals surface area (Å²) in [6, 6.07) is 36.6. The fourth-order valence-electron chi connectivity index (χ4n) is 4.75. The van der Waals surface area contributed by atoms with Crippen molar-refractivity contribution in [2.75, 3.05) is 0 Å². The summed E-state index contributed by atoms with van der Waals surface area (Å²) in [5, 5.41) is 19.6. The molecule has 1 N–H and O–H groups in total. The Labute approximate surface area is 234 Å². The average molecular weight is 521 g/mol. The topological polar surface area (TPSA) is 66.0 Å². The second kappa shape index (κ2) is 12.0. The quantitative estimate of drug-likeness (QED) is 0.127. The Balaban J connectivity index is 1.63. The van der Waals surface area contributed by atoms with Gasteiger partial charge in [-0.2, -0.15) is 5.26 Å². The molecule has 4 aromatic carbocycles. The third-order valence-electron chi connectivity index (χ3n) is 6.85. The molecule has 0 spiro atoms. The number of carbonyl (C=O) groups is 1. The van der Waals surface area contributed by atoms with Crippen molar-refractivity contribution >= 4 is 34.6 Å². The molecule has 5 aromatic rings. The first-order chi connectivity index (χ1) is 19.6. The number of benzene rings is 4. The molecular weight excluding hydrogens is 492 g/mol. The van der Waals surface area contributed by atoms with Crippen molar-refractivity contribution in [3.63, 3.8) is 0 Å². The fraction of sp³-hybridized carbons (Fsp3) is 0.0556. The minimum absolute atomic E-state index is 0.302. The van der Waals surface area contributed by atoms with Crippen LogP contribution in [0.1, 0.15) is 34.7 Å². The van der Waals surface area contributed by atoms with Crippen molar-refractivity contribution < 1.29 is 9.90 Å². The van der Waals surface area contributed by atoms with Gasteiger partial charge in [0.05, 0.1) is 5.52 Å². The van der Waals surface area contributed by atoms with E-state index in [-0.39, 0.29) is 5.57 Å². The summed E-state index contributed by atoms with van der Waals surface area (Å²) in [5.74, 6) is -1.24. The maximum Gasteiger partial charge on any atom is 0.346 e. The minimum atomic E-state index is -1.24. The van der Waals surface area contributed by atoms with Gasteiger partial charge in [0.25, 0.3) is 0 Å². The summed E-state index contributed by atoms with van der Waals surface area (Å²) >= 11 is 0. The van der Waals surface area contributed by atoms with E-state index >= 15 is 0 Å². The van der Waals surface area contributed by atoms with E-state index in [0.717, 1.165) is 45.3 Å². The van der Waals surface area contributed by atoms with Crippen LogP contribution in [0.4, 0.5) is 0 Å². The van der Waals surface area contributed by atoms with Crippen molar-refractivity contribution in [1.29, 1.82) is 5.26 Å². The Morgan fingerprint density at radius 3 is 2.12 bits per heavy atom. The van der Waals surface area contributed by atoms with Gasteiger partial charge in [0, 0.05) is 22.8 Å². The number of rotatable bonds is 8. The molecule has 4 nitrogen and oxygen atoms in total. The molecule has 194 valence electrons. The molecule has 0 unspecified atom stereocenters. The lowest BCUT2D eigenvalue weighted by Crippen LogP contribution is -1.97. The van der Waals surface area contributed by atoms with E-state index in [4.69, 9.17) is 0 Å². The molecule has 5 rings (SSSR count). The smallest absolute Gasteiger partial charge is 0.346 e. The molecule has 0 amide bonds. The number of aryl methyl sites for hydroxylation is 1. The fourth-order valence-corrected chi connectivity index (χ4v) is 4.75. The molecule has 40 heavy (non-hydrogen) atoms. The van der Waals surface area contributed by atoms with Gasteiger partial charge < -0.3 is 9.67 Å². The number of carboxylic acids is 1. The molecule has 0 saturated heterocycles. The minimum Gasteiger partial charge on any atom is -0.477 e. The largest absolute Gasteiger partial charge is 0.477 e. The summed E-state index contributed by atoms with van der Waals surface area (Å²) in [7, 11) is 0. The standard InChI is InChI=1S/C36H28N2O2/c1-2-26-16-19-32(20-17-26)38-25-30(34-23-27(18-21-35(34)38)22-31(24-37)36(39)40)14-9-15-33(28-10-5-3-6-11-28)29-12-7-4-8-13-29/h3-23,25H,2H2,1H3,(H,39,40)/b14-9+,31-22+. The number of aliphatic carboxylic acids is 1. The molecule has 0 aliphatic rings. The zero-order chi connectivity index (χ0) is 27.9. The van der Waals surface area contributed by atoms with Crippen LogP contribution >= 0.6 is 0 Å². The Kier molecular flexibility index (Phi) is 7.85. The van der Waals surface area contributed by atoms with Crippen LogP contribution in [0.2, 0.25) is 0 Å². The molecule has 0 saturated carbocycles. The highest BCUT2D eigenvalue weighted by Gasteiger charge is 2.11. The highest BCUT2D eigenvalue weighted by atomic mass is 16.4. The van der Waals surface area contributed by atoms with E-state index in [0.29, 0.717) is 5.56 Å². The molecule has 0 aliphatic heterocycles. The van der Waals surface area contributed by atoms with Gasteiger partial charge >= 0.3 is 5.97 Å². The lowest BCUT2D eigenvalue weighted by molar-refractivity contribution is -0.132. The number of hydrogen-bond acceptors (Lipinski definition) is 2. The zero-order valence-corrected chi connectivity index (χ0v) is 22.2. The zero-order valence-electron chi connectivity index (χ0n) is 22.2. The maximum absolute atomic E-state index is 11.4. The Morgan fingerprint density at radius 1 is 0.900 bits per heavy atom. The summed E-state index contributed by atoms with van der Waals surface area (Å²) < 4.78 is 2.14. The van der Waals surface area contributed by atoms with Crippen LogP contribution in [0, 0.1) is 11.3 Å². The second-order valence-electron chi connectivity index (χ2n) is 9.40. The Bertz CT molecular complexity index is 1740. The number of nitrogens with zero attached hydrogens (tertiary/aromatic N) is 2. The number of hydrogen-bond donors (Lipinski definition) is 1. The lowest BCUT2D eigenvalue weighted by Gasteiger charge is -2.07. The normalized spacial score (nSPS) is 11.4. The highest BCUT2D eigenvalue weighted by molar-refractivity contribution is 5.98. The second-order valence-corrected chi connectivity index (χ2v) is 9.40. The van der Waals surface area contributed by atoms with Gasteiger partial charge in [-0.15, -0.1) is 0 Å². The SMILES string of the molecule is CCc1ccc(-n2cc(/C=C/C=C(c3ccccc3)c3ccccc3)c3cc(/C=C(\C#N)C(=O)O)ccc32)cc1. The molecule has 0 fully saturated rings. The van der Waals surface area contributed by atoms with Crippen LogP contribution in [-0.4, -0.2) is 15.6 Å². The van der Waals surface area contributed by atoms with Crippen molar-refractivity contribution in [2.45, 2.75) is 13.3 Å². The van der Waals surface area contributed by atoms with E-state index in [1.807, 2.05) is 54.6 Å². The van der Waals surface area contributed by atoms with E-state index in [1.54, 1.807) is 6.07 Å². The third-order valence-corrected chi connectivity index (χ3v) is 6.85. The molecule has 1 aromatic heterocycles. The molecule has 4 heteroatoms. The van der Waals surface area contributed by atoms with Crippen LogP contribution < -0.4 is 0 Å². The van der Waals surface area contributed by atoms with Gasteiger partial charge in [0.2, 0.25) is 0 Å². The van der Waals surface area contributed by atoms with Gasteiger partial charge in [-0.1, -0.05) is 104 Å². The van der Waals surface area contributed by atoms with Crippen LogP contribution in [0.5, 0.6) is 0 Å². The van der Waals surface area contributed by atoms with Crippen LogP contribution in [0.15, 0.2) is 127 Å². The van der Waals surface area contributed by atoms with Crippen LogP contribution in [0.3, 0.4) is 0 Å². The first-order valence-corrected chi connectivity index (χ1v) is 13.2.